The van der Waals surface area contributed by atoms with Crippen molar-refractivity contribution in [2.45, 2.75) is 116 Å². The van der Waals surface area contributed by atoms with Crippen LogP contribution in [0.3, 0.4) is 0 Å². The van der Waals surface area contributed by atoms with Crippen molar-refractivity contribution in [2.75, 3.05) is 14.2 Å². The quantitative estimate of drug-likeness (QED) is 0.213. The van der Waals surface area contributed by atoms with Crippen LogP contribution in [0, 0.1) is 5.41 Å². The van der Waals surface area contributed by atoms with Crippen LogP contribution in [0.4, 0.5) is 0 Å². The van der Waals surface area contributed by atoms with Crippen molar-refractivity contribution in [3.05, 3.63) is 0 Å². The summed E-state index contributed by atoms with van der Waals surface area (Å²) < 4.78 is 16.2. The van der Waals surface area contributed by atoms with Gasteiger partial charge in [-0.15, -0.1) is 0 Å². The van der Waals surface area contributed by atoms with Gasteiger partial charge in [-0.2, -0.15) is 0 Å². The lowest BCUT2D eigenvalue weighted by Crippen LogP contribution is -2.31. The highest BCUT2D eigenvalue weighted by Gasteiger charge is 2.31. The topological polar surface area (TPSA) is 44.8 Å². The highest BCUT2D eigenvalue weighted by atomic mass is 16.7. The molecule has 0 amide bonds. The molecule has 0 atom stereocenters. The predicted molar refractivity (Wildman–Crippen MR) is 106 cm³/mol. The molecule has 1 saturated carbocycles. The zero-order chi connectivity index (χ0) is 19.3. The third-order valence-corrected chi connectivity index (χ3v) is 5.65. The van der Waals surface area contributed by atoms with Crippen LogP contribution in [-0.4, -0.2) is 32.6 Å². The zero-order valence-electron chi connectivity index (χ0n) is 17.7. The number of hydrogen-bond acceptors (Lipinski definition) is 4. The van der Waals surface area contributed by atoms with E-state index in [0.717, 1.165) is 38.5 Å². The highest BCUT2D eigenvalue weighted by molar-refractivity contribution is 5.76. The van der Waals surface area contributed by atoms with E-state index in [9.17, 15) is 4.79 Å². The highest BCUT2D eigenvalue weighted by Crippen LogP contribution is 2.29. The van der Waals surface area contributed by atoms with Crippen molar-refractivity contribution in [1.29, 1.82) is 0 Å². The molecule has 0 radical (unpaired) electrons. The van der Waals surface area contributed by atoms with Crippen LogP contribution in [-0.2, 0) is 19.0 Å². The fraction of sp³-hybridized carbons (Fsp3) is 0.955. The summed E-state index contributed by atoms with van der Waals surface area (Å²) in [6.45, 7) is 4.08. The molecule has 4 heteroatoms. The minimum Gasteiger partial charge on any atom is -0.462 e. The molecule has 154 valence electrons. The van der Waals surface area contributed by atoms with Gasteiger partial charge in [0, 0.05) is 14.2 Å². The van der Waals surface area contributed by atoms with Crippen molar-refractivity contribution >= 4 is 5.97 Å². The first kappa shape index (κ1) is 23.4. The van der Waals surface area contributed by atoms with Gasteiger partial charge in [0.1, 0.15) is 6.10 Å². The molecular formula is C22H42O4. The average Bonchev–Trinajstić information content (AvgIpc) is 2.64. The molecule has 26 heavy (non-hydrogen) atoms. The van der Waals surface area contributed by atoms with Gasteiger partial charge in [0.2, 0.25) is 0 Å². The molecule has 1 rings (SSSR count). The van der Waals surface area contributed by atoms with Crippen molar-refractivity contribution < 1.29 is 19.0 Å². The number of rotatable bonds is 14. The Bertz CT molecular complexity index is 357. The first-order chi connectivity index (χ1) is 12.5. The lowest BCUT2D eigenvalue weighted by molar-refractivity contribution is -0.161. The van der Waals surface area contributed by atoms with Gasteiger partial charge in [0.05, 0.1) is 5.41 Å². The molecule has 0 spiro atoms. The average molecular weight is 371 g/mol. The monoisotopic (exact) mass is 370 g/mol. The number of esters is 1. The number of hydrogen-bond donors (Lipinski definition) is 0. The lowest BCUT2D eigenvalue weighted by Gasteiger charge is -2.28. The largest absolute Gasteiger partial charge is 0.462 e. The standard InChI is InChI=1S/C22H42O4/c1-22(2,21(23)26-19-15-11-10-12-16-19)18-14-9-7-5-6-8-13-17-20(24-3)25-4/h19-20H,5-18H2,1-4H3. The molecule has 0 N–H and O–H groups in total. The fourth-order valence-electron chi connectivity index (χ4n) is 3.69. The second-order valence-electron chi connectivity index (χ2n) is 8.46. The Morgan fingerprint density at radius 2 is 1.42 bits per heavy atom. The lowest BCUT2D eigenvalue weighted by atomic mass is 9.86. The van der Waals surface area contributed by atoms with E-state index in [1.165, 1.54) is 51.4 Å². The molecule has 0 aromatic heterocycles. The normalized spacial score (nSPS) is 16.2. The van der Waals surface area contributed by atoms with Gasteiger partial charge in [-0.3, -0.25) is 4.79 Å². The summed E-state index contributed by atoms with van der Waals surface area (Å²) >= 11 is 0. The second-order valence-corrected chi connectivity index (χ2v) is 8.46. The van der Waals surface area contributed by atoms with E-state index in [2.05, 4.69) is 0 Å². The summed E-state index contributed by atoms with van der Waals surface area (Å²) in [6.07, 6.45) is 16.4. The van der Waals surface area contributed by atoms with Crippen LogP contribution >= 0.6 is 0 Å². The smallest absolute Gasteiger partial charge is 0.311 e. The summed E-state index contributed by atoms with van der Waals surface area (Å²) in [6, 6.07) is 0. The van der Waals surface area contributed by atoms with E-state index in [0.29, 0.717) is 0 Å². The van der Waals surface area contributed by atoms with Gasteiger partial charge in [-0.25, -0.2) is 0 Å². The minimum atomic E-state index is -0.341. The third-order valence-electron chi connectivity index (χ3n) is 5.65. The Balaban J connectivity index is 2.02. The number of carbonyl (C=O) groups is 1. The summed E-state index contributed by atoms with van der Waals surface area (Å²) in [5.41, 5.74) is -0.341. The van der Waals surface area contributed by atoms with E-state index in [-0.39, 0.29) is 23.8 Å². The van der Waals surface area contributed by atoms with Crippen LogP contribution in [0.15, 0.2) is 0 Å². The molecule has 0 bridgehead atoms. The molecule has 0 unspecified atom stereocenters. The van der Waals surface area contributed by atoms with Gasteiger partial charge in [0.15, 0.2) is 6.29 Å². The van der Waals surface area contributed by atoms with E-state index in [1.807, 2.05) is 13.8 Å². The second kappa shape index (κ2) is 13.5. The number of unbranched alkanes of at least 4 members (excludes halogenated alkanes) is 6. The number of methoxy groups -OCH3 is 2. The summed E-state index contributed by atoms with van der Waals surface area (Å²) in [5.74, 6) is 0.00948. The molecule has 0 heterocycles. The van der Waals surface area contributed by atoms with Crippen molar-refractivity contribution in [3.63, 3.8) is 0 Å². The maximum Gasteiger partial charge on any atom is 0.311 e. The SMILES string of the molecule is COC(CCCCCCCCCC(C)(C)C(=O)OC1CCCCC1)OC. The molecule has 1 fully saturated rings. The van der Waals surface area contributed by atoms with Crippen LogP contribution in [0.25, 0.3) is 0 Å². The van der Waals surface area contributed by atoms with E-state index in [4.69, 9.17) is 14.2 Å². The van der Waals surface area contributed by atoms with Crippen LogP contribution in [0.5, 0.6) is 0 Å². The summed E-state index contributed by atoms with van der Waals surface area (Å²) in [4.78, 5) is 12.4. The van der Waals surface area contributed by atoms with Crippen molar-refractivity contribution in [3.8, 4) is 0 Å². The molecule has 0 aliphatic heterocycles. The number of ether oxygens (including phenoxy) is 3. The Hall–Kier alpha value is -0.610. The molecule has 4 nitrogen and oxygen atoms in total. The van der Waals surface area contributed by atoms with E-state index >= 15 is 0 Å². The third kappa shape index (κ3) is 9.91. The Morgan fingerprint density at radius 1 is 0.885 bits per heavy atom. The molecule has 1 aliphatic carbocycles. The summed E-state index contributed by atoms with van der Waals surface area (Å²) in [7, 11) is 3.39. The van der Waals surface area contributed by atoms with E-state index in [1.54, 1.807) is 14.2 Å². The van der Waals surface area contributed by atoms with Gasteiger partial charge in [0.25, 0.3) is 0 Å². The van der Waals surface area contributed by atoms with Crippen LogP contribution < -0.4 is 0 Å². The van der Waals surface area contributed by atoms with Crippen molar-refractivity contribution in [1.82, 2.24) is 0 Å². The molecule has 0 saturated heterocycles. The van der Waals surface area contributed by atoms with Gasteiger partial charge < -0.3 is 14.2 Å². The predicted octanol–water partition coefficient (Wildman–Crippen LogP) is 6.02. The molecule has 1 aliphatic rings. The molecule has 0 aromatic carbocycles. The fourth-order valence-corrected chi connectivity index (χ4v) is 3.69. The Labute approximate surface area is 161 Å². The Kier molecular flexibility index (Phi) is 12.2. The van der Waals surface area contributed by atoms with Gasteiger partial charge in [-0.1, -0.05) is 44.9 Å². The first-order valence-corrected chi connectivity index (χ1v) is 10.8. The zero-order valence-corrected chi connectivity index (χ0v) is 17.7. The minimum absolute atomic E-state index is 0.00948. The maximum absolute atomic E-state index is 12.4. The van der Waals surface area contributed by atoms with Gasteiger partial charge >= 0.3 is 5.97 Å². The Morgan fingerprint density at radius 3 is 2.00 bits per heavy atom. The molecular weight excluding hydrogens is 328 g/mol. The van der Waals surface area contributed by atoms with Crippen LogP contribution in [0.2, 0.25) is 0 Å². The van der Waals surface area contributed by atoms with Crippen molar-refractivity contribution in [2.24, 2.45) is 5.41 Å². The van der Waals surface area contributed by atoms with Crippen LogP contribution in [0.1, 0.15) is 104 Å². The molecule has 0 aromatic rings. The van der Waals surface area contributed by atoms with E-state index < -0.39 is 0 Å². The number of carbonyl (C=O) groups excluding carboxylic acids is 1. The summed E-state index contributed by atoms with van der Waals surface area (Å²) in [5, 5.41) is 0. The first-order valence-electron chi connectivity index (χ1n) is 10.8. The maximum atomic E-state index is 12.4. The van der Waals surface area contributed by atoms with Gasteiger partial charge in [-0.05, 0) is 58.8 Å².